The molecule has 10 atom stereocenters. The fourth-order valence-corrected chi connectivity index (χ4v) is 9.44. The Hall–Kier alpha value is -10.1. The minimum Gasteiger partial charge on any atom is -0.394 e. The number of aliphatic imine (C=N–C) groups is 5. The van der Waals surface area contributed by atoms with Gasteiger partial charge in [0.2, 0.25) is 70.9 Å². The highest BCUT2D eigenvalue weighted by atomic mass is 16.3. The Bertz CT molecular complexity index is 2780. The van der Waals surface area contributed by atoms with E-state index in [-0.39, 0.29) is 159 Å². The van der Waals surface area contributed by atoms with Crippen LogP contribution in [0.5, 0.6) is 0 Å². The largest absolute Gasteiger partial charge is 0.394 e. The number of guanidine groups is 5. The van der Waals surface area contributed by atoms with Crippen molar-refractivity contribution in [2.24, 2.45) is 99.7 Å². The van der Waals surface area contributed by atoms with Crippen LogP contribution in [0, 0.1) is 5.92 Å². The highest BCUT2D eigenvalue weighted by molar-refractivity contribution is 5.99. The SMILES string of the molecule is CC(C)C[C@H](NC(=O)[C@H](CCCN=C(N)N)NC(=O)[C@@H]1CCCN1C(=O)[C@H](CCCN=C(N)N)NC(=O)[C@H](CCC(N)=O)NC(=O)[C@H](CCCN=C(N)N)NC(=O)[C@@H](N)CCCN=C(N)N)C(=O)N[C@@H](CO)C(=O)N[C@@H](C)C(=O)N[C@@H](CCCN=C(N)N)C(=O)NCC(=O)N(C)C. The van der Waals surface area contributed by atoms with Gasteiger partial charge in [-0.2, -0.15) is 0 Å². The fraction of sp³-hybridized carbons (Fsp3) is 0.696. The predicted octanol–water partition coefficient (Wildman–Crippen LogP) is -11.0. The fourth-order valence-electron chi connectivity index (χ4n) is 9.44. The zero-order valence-electron chi connectivity index (χ0n) is 56.0. The molecule has 0 bridgehead atoms. The van der Waals surface area contributed by atoms with E-state index < -0.39 is 151 Å². The second-order valence-corrected chi connectivity index (χ2v) is 23.5. The van der Waals surface area contributed by atoms with Crippen LogP contribution >= 0.6 is 0 Å². The molecule has 0 saturated carbocycles. The third kappa shape index (κ3) is 35.3. The van der Waals surface area contributed by atoms with Crippen molar-refractivity contribution in [2.45, 2.75) is 178 Å². The van der Waals surface area contributed by atoms with Crippen LogP contribution in [0.2, 0.25) is 0 Å². The molecule has 0 radical (unpaired) electrons. The number of primary amides is 1. The van der Waals surface area contributed by atoms with Gasteiger partial charge in [0.05, 0.1) is 19.2 Å². The second-order valence-electron chi connectivity index (χ2n) is 23.5. The lowest BCUT2D eigenvalue weighted by Crippen LogP contribution is -2.60. The molecule has 1 saturated heterocycles. The molecule has 1 aliphatic heterocycles. The highest BCUT2D eigenvalue weighted by Gasteiger charge is 2.41. The molecule has 0 spiro atoms. The first-order chi connectivity index (χ1) is 45.6. The Labute approximate surface area is 563 Å². The van der Waals surface area contributed by atoms with Gasteiger partial charge in [0, 0.05) is 59.8 Å². The van der Waals surface area contributed by atoms with Gasteiger partial charge in [-0.05, 0) is 103 Å². The Morgan fingerprint density at radius 1 is 0.464 bits per heavy atom. The van der Waals surface area contributed by atoms with Gasteiger partial charge in [0.25, 0.3) is 0 Å². The lowest BCUT2D eigenvalue weighted by molar-refractivity contribution is -0.143. The van der Waals surface area contributed by atoms with E-state index in [1.165, 1.54) is 30.8 Å². The van der Waals surface area contributed by atoms with Crippen LogP contribution in [-0.2, 0) is 57.5 Å². The lowest BCUT2D eigenvalue weighted by atomic mass is 10.0. The molecule has 0 unspecified atom stereocenters. The monoisotopic (exact) mass is 1380 g/mol. The third-order valence-electron chi connectivity index (χ3n) is 14.6. The number of likely N-dealkylation sites (tertiary alicyclic amines) is 1. The normalized spacial score (nSPS) is 15.2. The number of hydrogen-bond acceptors (Lipinski definition) is 19. The third-order valence-corrected chi connectivity index (χ3v) is 14.6. The molecule has 12 amide bonds. The Morgan fingerprint density at radius 2 is 0.835 bits per heavy atom. The van der Waals surface area contributed by atoms with Crippen LogP contribution in [0.1, 0.15) is 117 Å². The number of aliphatic hydroxyl groups is 1. The smallest absolute Gasteiger partial charge is 0.245 e. The van der Waals surface area contributed by atoms with E-state index in [9.17, 15) is 62.6 Å². The standard InChI is InChI=1S/C56H106N28O13/c1-29(2)26-37(48(94)82-38(28-85)49(95)75-30(3)42(88)76-32(13-7-21-70-53(61)62)44(90)74-27-41(87)83(4)5)81-46(92)34(15-9-23-72-55(65)66)79-50(96)39-17-11-25-84(39)51(97)36(16-10-24-73-56(67)68)80-47(93)35(18-19-40(58)86)78-45(91)33(14-8-22-71-54(63)64)77-43(89)31(57)12-6-20-69-52(59)60/h29-39,85H,6-28,57H2,1-5H3,(H2,58,86)(H,74,90)(H,75,95)(H,76,88)(H,77,89)(H,78,91)(H,79,96)(H,80,93)(H,81,92)(H,82,94)(H4,59,60,69)(H4,61,62,70)(H4,63,64,71)(H4,65,66,72)(H4,67,68,73)/t30-,31-,32-,33-,34-,35-,36-,37-,38-,39-/m0/s1. The van der Waals surface area contributed by atoms with Gasteiger partial charge < -0.3 is 132 Å². The summed E-state index contributed by atoms with van der Waals surface area (Å²) >= 11 is 0. The Morgan fingerprint density at radius 3 is 1.28 bits per heavy atom. The molecule has 41 heteroatoms. The predicted molar refractivity (Wildman–Crippen MR) is 360 cm³/mol. The molecule has 97 heavy (non-hydrogen) atoms. The topological polar surface area (TPSA) is 714 Å². The molecular formula is C56H106N28O13. The van der Waals surface area contributed by atoms with E-state index >= 15 is 0 Å². The maximum atomic E-state index is 14.8. The number of nitrogens with one attached hydrogen (secondary N) is 9. The summed E-state index contributed by atoms with van der Waals surface area (Å²) in [7, 11) is 2.97. The van der Waals surface area contributed by atoms with Gasteiger partial charge in [-0.15, -0.1) is 0 Å². The van der Waals surface area contributed by atoms with E-state index in [1.54, 1.807) is 13.8 Å². The van der Waals surface area contributed by atoms with Gasteiger partial charge >= 0.3 is 0 Å². The number of hydrogen-bond donors (Lipinski definition) is 22. The number of carbonyl (C=O) groups excluding carboxylic acids is 12. The van der Waals surface area contributed by atoms with Gasteiger partial charge in [-0.25, -0.2) is 0 Å². The molecule has 1 aliphatic rings. The maximum absolute atomic E-state index is 14.8. The maximum Gasteiger partial charge on any atom is 0.245 e. The summed E-state index contributed by atoms with van der Waals surface area (Å²) in [6.07, 6.45) is -0.000546. The number of aliphatic hydroxyl groups excluding tert-OH is 1. The minimum absolute atomic E-state index is 0.00570. The van der Waals surface area contributed by atoms with Crippen LogP contribution in [0.4, 0.5) is 0 Å². The van der Waals surface area contributed by atoms with Crippen molar-refractivity contribution in [1.82, 2.24) is 57.7 Å². The van der Waals surface area contributed by atoms with E-state index in [2.05, 4.69) is 72.8 Å². The van der Waals surface area contributed by atoms with Gasteiger partial charge in [0.15, 0.2) is 29.8 Å². The molecule has 0 aromatic rings. The van der Waals surface area contributed by atoms with Crippen molar-refractivity contribution in [3.63, 3.8) is 0 Å². The van der Waals surface area contributed by atoms with Crippen LogP contribution in [0.25, 0.3) is 0 Å². The molecule has 1 fully saturated rings. The molecule has 0 aromatic carbocycles. The molecule has 1 rings (SSSR count). The summed E-state index contributed by atoms with van der Waals surface area (Å²) in [5.41, 5.74) is 66.4. The molecule has 548 valence electrons. The lowest BCUT2D eigenvalue weighted by Gasteiger charge is -2.31. The summed E-state index contributed by atoms with van der Waals surface area (Å²) in [4.78, 5) is 186. The molecule has 34 N–H and O–H groups in total. The van der Waals surface area contributed by atoms with Gasteiger partial charge in [0.1, 0.15) is 54.4 Å². The first-order valence-electron chi connectivity index (χ1n) is 31.7. The van der Waals surface area contributed by atoms with E-state index in [0.29, 0.717) is 6.42 Å². The van der Waals surface area contributed by atoms with E-state index in [1.807, 2.05) is 0 Å². The molecule has 0 aromatic heterocycles. The Balaban J connectivity index is 3.59. The van der Waals surface area contributed by atoms with Crippen molar-refractivity contribution in [3.05, 3.63) is 0 Å². The summed E-state index contributed by atoms with van der Waals surface area (Å²) in [5.74, 6) is -11.5. The van der Waals surface area contributed by atoms with Crippen LogP contribution in [0.15, 0.2) is 25.0 Å². The van der Waals surface area contributed by atoms with Crippen LogP contribution < -0.4 is 117 Å². The first kappa shape index (κ1) is 84.9. The van der Waals surface area contributed by atoms with E-state index in [4.69, 9.17) is 68.8 Å². The number of nitrogens with two attached hydrogens (primary N) is 12. The van der Waals surface area contributed by atoms with Crippen molar-refractivity contribution in [3.8, 4) is 0 Å². The number of amides is 12. The van der Waals surface area contributed by atoms with Crippen molar-refractivity contribution >= 4 is 101 Å². The average molecular weight is 1380 g/mol. The quantitative estimate of drug-likeness (QED) is 0.0153. The molecule has 0 aliphatic carbocycles. The number of rotatable bonds is 46. The zero-order valence-corrected chi connectivity index (χ0v) is 56.0. The summed E-state index contributed by atoms with van der Waals surface area (Å²) in [6, 6.07) is -13.9. The van der Waals surface area contributed by atoms with Gasteiger partial charge in [-0.1, -0.05) is 13.8 Å². The minimum atomic E-state index is -1.71. The average Bonchev–Trinajstić information content (AvgIpc) is 1.77. The molecule has 41 nitrogen and oxygen atoms in total. The number of likely N-dealkylation sites (N-methyl/N-ethyl adjacent to an activating group) is 1. The highest BCUT2D eigenvalue weighted by Crippen LogP contribution is 2.21. The first-order valence-corrected chi connectivity index (χ1v) is 31.7. The second kappa shape index (κ2) is 45.3. The Kier molecular flexibility index (Phi) is 39.7. The van der Waals surface area contributed by atoms with Crippen molar-refractivity contribution in [1.29, 1.82) is 0 Å². The van der Waals surface area contributed by atoms with Crippen molar-refractivity contribution in [2.75, 3.05) is 66.5 Å². The van der Waals surface area contributed by atoms with Gasteiger partial charge in [-0.3, -0.25) is 82.5 Å². The van der Waals surface area contributed by atoms with Crippen molar-refractivity contribution < 1.29 is 62.6 Å². The summed E-state index contributed by atoms with van der Waals surface area (Å²) in [5, 5.41) is 33.2. The van der Waals surface area contributed by atoms with Crippen LogP contribution in [-0.4, -0.2) is 243 Å². The number of nitrogens with zero attached hydrogens (tertiary/aromatic N) is 7. The van der Waals surface area contributed by atoms with E-state index in [0.717, 1.165) is 0 Å². The zero-order chi connectivity index (χ0) is 73.5. The summed E-state index contributed by atoms with van der Waals surface area (Å²) < 4.78 is 0. The number of carbonyl (C=O) groups is 12. The summed E-state index contributed by atoms with van der Waals surface area (Å²) in [6.45, 7) is 3.56. The molecular weight excluding hydrogens is 1270 g/mol. The molecule has 1 heterocycles. The van der Waals surface area contributed by atoms with Crippen LogP contribution in [0.3, 0.4) is 0 Å².